The molecule has 2 aliphatic heterocycles. The summed E-state index contributed by atoms with van der Waals surface area (Å²) in [7, 11) is 0. The second-order valence-corrected chi connectivity index (χ2v) is 9.04. The Balaban J connectivity index is 1.61. The Hall–Kier alpha value is -1.30. The summed E-state index contributed by atoms with van der Waals surface area (Å²) in [6.07, 6.45) is 3.97. The monoisotopic (exact) mass is 425 g/mol. The topological polar surface area (TPSA) is 52.7 Å². The predicted molar refractivity (Wildman–Crippen MR) is 113 cm³/mol. The molecule has 1 aromatic rings. The van der Waals surface area contributed by atoms with Crippen LogP contribution in [0.5, 0.6) is 0 Å². The molecule has 0 aromatic heterocycles. The molecule has 2 aliphatic rings. The summed E-state index contributed by atoms with van der Waals surface area (Å²) in [6, 6.07) is 4.43. The zero-order valence-corrected chi connectivity index (χ0v) is 18.1. The fourth-order valence-corrected chi connectivity index (χ4v) is 4.69. The Bertz CT molecular complexity index is 728. The Kier molecular flexibility index (Phi) is 7.24. The Morgan fingerprint density at radius 3 is 2.71 bits per heavy atom. The highest BCUT2D eigenvalue weighted by Crippen LogP contribution is 2.26. The summed E-state index contributed by atoms with van der Waals surface area (Å²) in [5.41, 5.74) is 0.351. The molecule has 2 amide bonds. The summed E-state index contributed by atoms with van der Waals surface area (Å²) < 4.78 is 0. The van der Waals surface area contributed by atoms with Crippen molar-refractivity contribution in [3.8, 4) is 0 Å². The number of likely N-dealkylation sites (tertiary alicyclic amines) is 2. The van der Waals surface area contributed by atoms with Gasteiger partial charge in [-0.3, -0.25) is 9.59 Å². The molecular weight excluding hydrogens is 397 g/mol. The standard InChI is InChI=1S/C21H29Cl2N3O2/c1-14-5-3-9-25(12-14)13-15(2)24-20(27)19-6-4-10-26(19)21(28)17-11-16(22)7-8-18(17)23/h7-8,11,14-15,19H,3-6,9-10,12-13H2,1-2H3,(H,24,27). The van der Waals surface area contributed by atoms with E-state index in [0.717, 1.165) is 26.1 Å². The zero-order valence-electron chi connectivity index (χ0n) is 16.6. The molecule has 0 aliphatic carbocycles. The summed E-state index contributed by atoms with van der Waals surface area (Å²) >= 11 is 12.2. The van der Waals surface area contributed by atoms with Crippen molar-refractivity contribution in [3.05, 3.63) is 33.8 Å². The Morgan fingerprint density at radius 2 is 1.96 bits per heavy atom. The first kappa shape index (κ1) is 21.4. The van der Waals surface area contributed by atoms with Gasteiger partial charge in [0.15, 0.2) is 0 Å². The number of rotatable bonds is 5. The molecule has 0 bridgehead atoms. The first-order valence-electron chi connectivity index (χ1n) is 10.1. The molecule has 0 radical (unpaired) electrons. The lowest BCUT2D eigenvalue weighted by atomic mass is 10.00. The SMILES string of the molecule is CC1CCCN(CC(C)NC(=O)C2CCCN2C(=O)c2cc(Cl)ccc2Cl)C1. The number of nitrogens with one attached hydrogen (secondary N) is 1. The van der Waals surface area contributed by atoms with Crippen LogP contribution in [0, 0.1) is 5.92 Å². The average molecular weight is 426 g/mol. The lowest BCUT2D eigenvalue weighted by molar-refractivity contribution is -0.125. The molecule has 1 aromatic carbocycles. The van der Waals surface area contributed by atoms with Crippen LogP contribution in [0.3, 0.4) is 0 Å². The molecule has 3 rings (SSSR count). The molecule has 3 atom stereocenters. The molecule has 2 saturated heterocycles. The van der Waals surface area contributed by atoms with Gasteiger partial charge in [-0.05, 0) is 63.3 Å². The van der Waals surface area contributed by atoms with Gasteiger partial charge in [0.05, 0.1) is 10.6 Å². The lowest BCUT2D eigenvalue weighted by Gasteiger charge is -2.33. The summed E-state index contributed by atoms with van der Waals surface area (Å²) in [4.78, 5) is 29.9. The van der Waals surface area contributed by atoms with Gasteiger partial charge < -0.3 is 15.1 Å². The van der Waals surface area contributed by atoms with Gasteiger partial charge in [-0.1, -0.05) is 30.1 Å². The number of nitrogens with zero attached hydrogens (tertiary/aromatic N) is 2. The number of benzene rings is 1. The maximum absolute atomic E-state index is 13.0. The molecule has 28 heavy (non-hydrogen) atoms. The number of hydrogen-bond acceptors (Lipinski definition) is 3. The third kappa shape index (κ3) is 5.19. The number of carbonyl (C=O) groups is 2. The second-order valence-electron chi connectivity index (χ2n) is 8.20. The Labute approximate surface area is 177 Å². The van der Waals surface area contributed by atoms with E-state index in [4.69, 9.17) is 23.2 Å². The maximum Gasteiger partial charge on any atom is 0.256 e. The van der Waals surface area contributed by atoms with Gasteiger partial charge in [0.25, 0.3) is 5.91 Å². The number of carbonyl (C=O) groups excluding carboxylic acids is 2. The third-order valence-electron chi connectivity index (χ3n) is 5.64. The van der Waals surface area contributed by atoms with Crippen LogP contribution in [0.25, 0.3) is 0 Å². The first-order valence-corrected chi connectivity index (χ1v) is 10.9. The molecular formula is C21H29Cl2N3O2. The number of hydrogen-bond donors (Lipinski definition) is 1. The van der Waals surface area contributed by atoms with Gasteiger partial charge in [-0.2, -0.15) is 0 Å². The van der Waals surface area contributed by atoms with Crippen molar-refractivity contribution in [3.63, 3.8) is 0 Å². The van der Waals surface area contributed by atoms with E-state index in [1.54, 1.807) is 23.1 Å². The van der Waals surface area contributed by atoms with Gasteiger partial charge >= 0.3 is 0 Å². The number of piperidine rings is 1. The van der Waals surface area contributed by atoms with Crippen molar-refractivity contribution in [2.75, 3.05) is 26.2 Å². The van der Waals surface area contributed by atoms with Crippen molar-refractivity contribution in [2.45, 2.75) is 51.6 Å². The maximum atomic E-state index is 13.0. The molecule has 2 heterocycles. The molecule has 154 valence electrons. The van der Waals surface area contributed by atoms with E-state index in [-0.39, 0.29) is 17.9 Å². The second kappa shape index (κ2) is 9.47. The Morgan fingerprint density at radius 1 is 1.21 bits per heavy atom. The van der Waals surface area contributed by atoms with Crippen molar-refractivity contribution in [2.24, 2.45) is 5.92 Å². The molecule has 0 spiro atoms. The van der Waals surface area contributed by atoms with Crippen LogP contribution >= 0.6 is 23.2 Å². The van der Waals surface area contributed by atoms with E-state index >= 15 is 0 Å². The van der Waals surface area contributed by atoms with E-state index in [9.17, 15) is 9.59 Å². The molecule has 1 N–H and O–H groups in total. The average Bonchev–Trinajstić information content (AvgIpc) is 3.13. The van der Waals surface area contributed by atoms with Crippen LogP contribution < -0.4 is 5.32 Å². The molecule has 5 nitrogen and oxygen atoms in total. The van der Waals surface area contributed by atoms with E-state index in [1.165, 1.54) is 12.8 Å². The lowest BCUT2D eigenvalue weighted by Crippen LogP contribution is -2.51. The minimum atomic E-state index is -0.453. The van der Waals surface area contributed by atoms with Crippen LogP contribution in [-0.4, -0.2) is 59.9 Å². The first-order chi connectivity index (χ1) is 13.3. The van der Waals surface area contributed by atoms with E-state index < -0.39 is 6.04 Å². The van der Waals surface area contributed by atoms with Crippen molar-refractivity contribution in [1.29, 1.82) is 0 Å². The molecule has 3 unspecified atom stereocenters. The highest BCUT2D eigenvalue weighted by molar-refractivity contribution is 6.35. The fraction of sp³-hybridized carbons (Fsp3) is 0.619. The van der Waals surface area contributed by atoms with E-state index in [2.05, 4.69) is 17.1 Å². The molecule has 2 fully saturated rings. The van der Waals surface area contributed by atoms with Crippen molar-refractivity contribution >= 4 is 35.0 Å². The summed E-state index contributed by atoms with van der Waals surface area (Å²) in [5, 5.41) is 3.92. The zero-order chi connectivity index (χ0) is 20.3. The smallest absolute Gasteiger partial charge is 0.256 e. The van der Waals surface area contributed by atoms with Gasteiger partial charge in [0, 0.05) is 30.7 Å². The fourth-order valence-electron chi connectivity index (χ4n) is 4.32. The van der Waals surface area contributed by atoms with Gasteiger partial charge in [0.1, 0.15) is 6.04 Å². The predicted octanol–water partition coefficient (Wildman–Crippen LogP) is 3.83. The largest absolute Gasteiger partial charge is 0.351 e. The van der Waals surface area contributed by atoms with E-state index in [0.29, 0.717) is 34.5 Å². The minimum Gasteiger partial charge on any atom is -0.351 e. The van der Waals surface area contributed by atoms with Crippen LogP contribution in [0.15, 0.2) is 18.2 Å². The quantitative estimate of drug-likeness (QED) is 0.779. The minimum absolute atomic E-state index is 0.0464. The van der Waals surface area contributed by atoms with Gasteiger partial charge in [-0.25, -0.2) is 0 Å². The van der Waals surface area contributed by atoms with Gasteiger partial charge in [-0.15, -0.1) is 0 Å². The van der Waals surface area contributed by atoms with Crippen LogP contribution in [0.1, 0.15) is 49.9 Å². The van der Waals surface area contributed by atoms with Crippen LogP contribution in [-0.2, 0) is 4.79 Å². The van der Waals surface area contributed by atoms with Crippen LogP contribution in [0.4, 0.5) is 0 Å². The molecule has 7 heteroatoms. The highest BCUT2D eigenvalue weighted by atomic mass is 35.5. The normalized spacial score (nSPS) is 24.2. The number of amides is 2. The molecule has 0 saturated carbocycles. The van der Waals surface area contributed by atoms with Gasteiger partial charge in [0.2, 0.25) is 5.91 Å². The van der Waals surface area contributed by atoms with Crippen molar-refractivity contribution in [1.82, 2.24) is 15.1 Å². The summed E-state index contributed by atoms with van der Waals surface area (Å²) in [5.74, 6) is 0.395. The third-order valence-corrected chi connectivity index (χ3v) is 6.20. The highest BCUT2D eigenvalue weighted by Gasteiger charge is 2.35. The van der Waals surface area contributed by atoms with Crippen LogP contribution in [0.2, 0.25) is 10.0 Å². The van der Waals surface area contributed by atoms with E-state index in [1.807, 2.05) is 6.92 Å². The number of halogens is 2. The summed E-state index contributed by atoms with van der Waals surface area (Å²) in [6.45, 7) is 7.88. The van der Waals surface area contributed by atoms with Crippen molar-refractivity contribution < 1.29 is 9.59 Å².